The summed E-state index contributed by atoms with van der Waals surface area (Å²) in [5.41, 5.74) is 9.94. The van der Waals surface area contributed by atoms with Crippen molar-refractivity contribution in [3.05, 3.63) is 71.5 Å². The molecular formula is C22H22N4O4. The van der Waals surface area contributed by atoms with Crippen molar-refractivity contribution in [3.8, 4) is 5.75 Å². The van der Waals surface area contributed by atoms with Crippen molar-refractivity contribution < 1.29 is 18.7 Å². The number of aliphatic imine (C=N–C) groups is 1. The van der Waals surface area contributed by atoms with Crippen LogP contribution in [0, 0.1) is 0 Å². The van der Waals surface area contributed by atoms with Crippen LogP contribution in [0.15, 0.2) is 64.2 Å². The van der Waals surface area contributed by atoms with Gasteiger partial charge in [-0.05, 0) is 48.5 Å². The molecule has 30 heavy (non-hydrogen) atoms. The van der Waals surface area contributed by atoms with Gasteiger partial charge in [-0.1, -0.05) is 0 Å². The Kier molecular flexibility index (Phi) is 5.16. The van der Waals surface area contributed by atoms with Crippen molar-refractivity contribution in [2.24, 2.45) is 10.7 Å². The molecule has 1 unspecified atom stereocenters. The van der Waals surface area contributed by atoms with E-state index in [2.05, 4.69) is 5.32 Å². The molecule has 1 aliphatic heterocycles. The number of nitrogens with zero attached hydrogens (tertiary/aromatic N) is 2. The summed E-state index contributed by atoms with van der Waals surface area (Å²) in [6.07, 6.45) is 1.04. The smallest absolute Gasteiger partial charge is 0.339 e. The van der Waals surface area contributed by atoms with E-state index in [4.69, 9.17) is 24.6 Å². The van der Waals surface area contributed by atoms with Crippen LogP contribution in [0.5, 0.6) is 5.75 Å². The van der Waals surface area contributed by atoms with Crippen LogP contribution in [-0.4, -0.2) is 33.1 Å². The Morgan fingerprint density at radius 3 is 2.60 bits per heavy atom. The number of fused-ring (bicyclic) bond motifs is 1. The zero-order valence-electron chi connectivity index (χ0n) is 16.9. The Bertz CT molecular complexity index is 1100. The first kappa shape index (κ1) is 19.5. The van der Waals surface area contributed by atoms with Gasteiger partial charge in [0.25, 0.3) is 0 Å². The Morgan fingerprint density at radius 2 is 1.93 bits per heavy atom. The second-order valence-electron chi connectivity index (χ2n) is 6.63. The van der Waals surface area contributed by atoms with Gasteiger partial charge in [-0.15, -0.1) is 0 Å². The molecule has 0 saturated heterocycles. The van der Waals surface area contributed by atoms with Crippen molar-refractivity contribution in [2.75, 3.05) is 31.5 Å². The van der Waals surface area contributed by atoms with E-state index < -0.39 is 12.1 Å². The topological polar surface area (TPSA) is 102 Å². The summed E-state index contributed by atoms with van der Waals surface area (Å²) in [5.74, 6) is 1.29. The van der Waals surface area contributed by atoms with Crippen LogP contribution in [0.25, 0.3) is 0 Å². The third-order valence-electron chi connectivity index (χ3n) is 5.01. The lowest BCUT2D eigenvalue weighted by Gasteiger charge is -2.34. The molecule has 4 rings (SSSR count). The number of carbonyl (C=O) groups is 1. The third-order valence-corrected chi connectivity index (χ3v) is 5.01. The van der Waals surface area contributed by atoms with Crippen LogP contribution in [0.4, 0.5) is 17.3 Å². The molecule has 0 spiro atoms. The summed E-state index contributed by atoms with van der Waals surface area (Å²) in [5, 5.41) is 3.01. The number of rotatable bonds is 5. The molecular weight excluding hydrogens is 384 g/mol. The quantitative estimate of drug-likeness (QED) is 0.623. The molecule has 1 atom stereocenters. The number of methoxy groups -OCH3 is 2. The van der Waals surface area contributed by atoms with Gasteiger partial charge in [-0.3, -0.25) is 0 Å². The highest BCUT2D eigenvalue weighted by Gasteiger charge is 2.32. The second-order valence-corrected chi connectivity index (χ2v) is 6.63. The summed E-state index contributed by atoms with van der Waals surface area (Å²) in [4.78, 5) is 18.9. The highest BCUT2D eigenvalue weighted by Crippen LogP contribution is 2.38. The van der Waals surface area contributed by atoms with Gasteiger partial charge in [-0.25, -0.2) is 4.79 Å². The maximum absolute atomic E-state index is 12.3. The summed E-state index contributed by atoms with van der Waals surface area (Å²) >= 11 is 0. The SMILES string of the molecule is CNc1ccc(C2=Nc3occc3C(N)N2c2ccc(OC)cc2)cc1C(=O)OC. The third kappa shape index (κ3) is 3.27. The number of hydrogen-bond acceptors (Lipinski definition) is 8. The zero-order valence-corrected chi connectivity index (χ0v) is 16.9. The number of anilines is 2. The van der Waals surface area contributed by atoms with Crippen LogP contribution >= 0.6 is 0 Å². The fraction of sp³-hybridized carbons (Fsp3) is 0.182. The van der Waals surface area contributed by atoms with E-state index in [0.29, 0.717) is 28.5 Å². The van der Waals surface area contributed by atoms with E-state index in [0.717, 1.165) is 17.0 Å². The first-order chi connectivity index (χ1) is 14.6. The largest absolute Gasteiger partial charge is 0.497 e. The fourth-order valence-electron chi connectivity index (χ4n) is 3.46. The van der Waals surface area contributed by atoms with E-state index in [1.54, 1.807) is 38.6 Å². The molecule has 2 heterocycles. The van der Waals surface area contributed by atoms with Crippen molar-refractivity contribution in [1.82, 2.24) is 0 Å². The molecule has 8 nitrogen and oxygen atoms in total. The van der Waals surface area contributed by atoms with E-state index in [9.17, 15) is 4.79 Å². The van der Waals surface area contributed by atoms with Crippen molar-refractivity contribution in [2.45, 2.75) is 6.17 Å². The standard InChI is InChI=1S/C22H22N4O4/c1-24-18-9-4-13(12-17(18)22(27)29-3)20-25-21-16(10-11-30-21)19(23)26(20)14-5-7-15(28-2)8-6-14/h4-12,19,24H,23H2,1-3H3. The van der Waals surface area contributed by atoms with Crippen molar-refractivity contribution in [1.29, 1.82) is 0 Å². The molecule has 0 radical (unpaired) electrons. The summed E-state index contributed by atoms with van der Waals surface area (Å²) in [6.45, 7) is 0. The number of benzene rings is 2. The van der Waals surface area contributed by atoms with E-state index in [1.807, 2.05) is 35.2 Å². The molecule has 8 heteroatoms. The zero-order chi connectivity index (χ0) is 21.3. The minimum Gasteiger partial charge on any atom is -0.497 e. The molecule has 2 aromatic carbocycles. The van der Waals surface area contributed by atoms with Gasteiger partial charge >= 0.3 is 5.97 Å². The Morgan fingerprint density at radius 1 is 1.17 bits per heavy atom. The van der Waals surface area contributed by atoms with Crippen LogP contribution in [0.2, 0.25) is 0 Å². The van der Waals surface area contributed by atoms with Gasteiger partial charge in [0.1, 0.15) is 17.8 Å². The summed E-state index contributed by atoms with van der Waals surface area (Å²) < 4.78 is 15.7. The van der Waals surface area contributed by atoms with Gasteiger partial charge in [0.2, 0.25) is 5.88 Å². The molecule has 1 aliphatic rings. The number of esters is 1. The van der Waals surface area contributed by atoms with Gasteiger partial charge < -0.3 is 29.8 Å². The predicted octanol–water partition coefficient (Wildman–Crippen LogP) is 3.67. The monoisotopic (exact) mass is 406 g/mol. The molecule has 3 N–H and O–H groups in total. The first-order valence-electron chi connectivity index (χ1n) is 9.32. The fourth-order valence-corrected chi connectivity index (χ4v) is 3.46. The van der Waals surface area contributed by atoms with E-state index in [1.165, 1.54) is 7.11 Å². The number of carbonyl (C=O) groups excluding carboxylic acids is 1. The maximum atomic E-state index is 12.3. The van der Waals surface area contributed by atoms with Crippen LogP contribution in [0.3, 0.4) is 0 Å². The number of ether oxygens (including phenoxy) is 2. The number of hydrogen-bond donors (Lipinski definition) is 2. The second kappa shape index (κ2) is 7.92. The molecule has 154 valence electrons. The molecule has 0 amide bonds. The average molecular weight is 406 g/mol. The number of nitrogens with two attached hydrogens (primary N) is 1. The van der Waals surface area contributed by atoms with Gasteiger partial charge in [0, 0.05) is 24.0 Å². The van der Waals surface area contributed by atoms with Crippen molar-refractivity contribution in [3.63, 3.8) is 0 Å². The Hall–Kier alpha value is -3.78. The van der Waals surface area contributed by atoms with Crippen LogP contribution < -0.4 is 20.7 Å². The van der Waals surface area contributed by atoms with Crippen molar-refractivity contribution >= 4 is 29.1 Å². The normalized spacial score (nSPS) is 15.3. The molecule has 0 aliphatic carbocycles. The lowest BCUT2D eigenvalue weighted by atomic mass is 10.0. The van der Waals surface area contributed by atoms with Gasteiger partial charge in [0.15, 0.2) is 0 Å². The predicted molar refractivity (Wildman–Crippen MR) is 115 cm³/mol. The molecule has 0 saturated carbocycles. The number of amidine groups is 1. The lowest BCUT2D eigenvalue weighted by molar-refractivity contribution is 0.0602. The number of furan rings is 1. The minimum atomic E-state index is -0.523. The summed E-state index contributed by atoms with van der Waals surface area (Å²) in [6, 6.07) is 14.7. The van der Waals surface area contributed by atoms with Crippen LogP contribution in [-0.2, 0) is 4.74 Å². The highest BCUT2D eigenvalue weighted by atomic mass is 16.5. The minimum absolute atomic E-state index is 0.397. The molecule has 0 fully saturated rings. The number of nitrogens with one attached hydrogen (secondary N) is 1. The Labute approximate surface area is 173 Å². The Balaban J connectivity index is 1.87. The lowest BCUT2D eigenvalue weighted by Crippen LogP contribution is -2.42. The molecule has 3 aromatic rings. The van der Waals surface area contributed by atoms with Crippen LogP contribution in [0.1, 0.15) is 27.7 Å². The van der Waals surface area contributed by atoms with Gasteiger partial charge in [-0.2, -0.15) is 4.99 Å². The maximum Gasteiger partial charge on any atom is 0.339 e. The molecule has 0 bridgehead atoms. The highest BCUT2D eigenvalue weighted by molar-refractivity contribution is 6.13. The molecule has 1 aromatic heterocycles. The van der Waals surface area contributed by atoms with Gasteiger partial charge in [0.05, 0.1) is 31.6 Å². The summed E-state index contributed by atoms with van der Waals surface area (Å²) in [7, 11) is 4.71. The van der Waals surface area contributed by atoms with E-state index >= 15 is 0 Å². The average Bonchev–Trinajstić information content (AvgIpc) is 3.27. The van der Waals surface area contributed by atoms with E-state index in [-0.39, 0.29) is 0 Å². The first-order valence-corrected chi connectivity index (χ1v) is 9.32.